The van der Waals surface area contributed by atoms with Crippen LogP contribution in [0.3, 0.4) is 0 Å². The molecule has 1 aliphatic rings. The molecule has 6 rings (SSSR count). The molecular weight excluding hydrogens is 880 g/mol. The van der Waals surface area contributed by atoms with Crippen molar-refractivity contribution in [1.29, 1.82) is 0 Å². The Morgan fingerprint density at radius 2 is 0.981 bits per heavy atom. The average Bonchev–Trinajstić information content (AvgIpc) is 3.70. The minimum absolute atomic E-state index is 0. The predicted molar refractivity (Wildman–Crippen MR) is 192 cm³/mol. The summed E-state index contributed by atoms with van der Waals surface area (Å²) in [6.07, 6.45) is 1.19. The van der Waals surface area contributed by atoms with E-state index in [9.17, 15) is 26.3 Å². The van der Waals surface area contributed by atoms with Crippen molar-refractivity contribution in [1.82, 2.24) is 0 Å². The number of alkyl halides is 6. The van der Waals surface area contributed by atoms with E-state index in [4.69, 9.17) is 0 Å². The first-order valence-corrected chi connectivity index (χ1v) is 18.2. The molecule has 5 aromatic carbocycles. The summed E-state index contributed by atoms with van der Waals surface area (Å²) in [5, 5.41) is 5.55. The minimum atomic E-state index is -4.40. The van der Waals surface area contributed by atoms with E-state index in [1.807, 2.05) is 12.2 Å². The Hall–Kier alpha value is -2.87. The molecule has 0 amide bonds. The maximum absolute atomic E-state index is 12.5. The van der Waals surface area contributed by atoms with Crippen molar-refractivity contribution in [3.05, 3.63) is 148 Å². The van der Waals surface area contributed by atoms with Gasteiger partial charge in [-0.2, -0.15) is 6.08 Å². The SMILES string of the molecule is Cc1cc2[cH-]c3cc(C)c(C(C)(C)C)cc3c2cc1C(C)(C)C.FC(F)(F)c1ccc([C](=[Hf+2])c2ccc(C(F)(F)F)cc2)cc1.[C-]1=CC=CC1.[Cl-].[Cl-]. The van der Waals surface area contributed by atoms with Crippen LogP contribution >= 0.6 is 0 Å². The first-order chi connectivity index (χ1) is 23.1. The van der Waals surface area contributed by atoms with Crippen molar-refractivity contribution in [3.63, 3.8) is 0 Å². The van der Waals surface area contributed by atoms with Gasteiger partial charge in [0.05, 0.1) is 0 Å². The number of benzene rings is 4. The summed E-state index contributed by atoms with van der Waals surface area (Å²) in [7, 11) is 0. The van der Waals surface area contributed by atoms with Gasteiger partial charge in [0, 0.05) is 0 Å². The van der Waals surface area contributed by atoms with Crippen molar-refractivity contribution < 1.29 is 75.0 Å². The Bertz CT molecular complexity index is 1890. The van der Waals surface area contributed by atoms with Gasteiger partial charge in [-0.15, -0.1) is 46.2 Å². The molecule has 0 atom stereocenters. The number of fused-ring (bicyclic) bond motifs is 3. The molecule has 0 aromatic heterocycles. The summed E-state index contributed by atoms with van der Waals surface area (Å²) in [5.41, 5.74) is 5.72. The van der Waals surface area contributed by atoms with Gasteiger partial charge >= 0.3 is 137 Å². The molecule has 0 fully saturated rings. The molecule has 0 unspecified atom stereocenters. The van der Waals surface area contributed by atoms with Crippen LogP contribution in [0.2, 0.25) is 0 Å². The molecular formula is C43H42Cl2F6Hf-2. The zero-order valence-electron chi connectivity index (χ0n) is 30.5. The predicted octanol–water partition coefficient (Wildman–Crippen LogP) is 7.08. The number of hydrogen-bond acceptors (Lipinski definition) is 0. The molecule has 1 aliphatic carbocycles. The Balaban J connectivity index is 0.000000307. The number of halogens is 8. The maximum atomic E-state index is 12.5. The van der Waals surface area contributed by atoms with Crippen LogP contribution < -0.4 is 24.8 Å². The smallest absolute Gasteiger partial charge is 0.109 e. The minimum Gasteiger partial charge on any atom is -1.00 e. The second-order valence-corrected chi connectivity index (χ2v) is 16.5. The second kappa shape index (κ2) is 17.5. The molecule has 0 saturated carbocycles. The van der Waals surface area contributed by atoms with Gasteiger partial charge in [-0.25, -0.2) is 12.2 Å². The number of aryl methyl sites for hydroxylation is 2. The van der Waals surface area contributed by atoms with Crippen molar-refractivity contribution in [2.45, 2.75) is 85.0 Å². The van der Waals surface area contributed by atoms with Crippen LogP contribution in [0, 0.1) is 19.9 Å². The van der Waals surface area contributed by atoms with Crippen molar-refractivity contribution in [3.8, 4) is 0 Å². The van der Waals surface area contributed by atoms with E-state index in [0.717, 1.165) is 33.9 Å². The van der Waals surface area contributed by atoms with E-state index >= 15 is 0 Å². The molecule has 9 heteroatoms. The van der Waals surface area contributed by atoms with E-state index in [-0.39, 0.29) is 35.6 Å². The summed E-state index contributed by atoms with van der Waals surface area (Å²) in [4.78, 5) is 0. The molecule has 0 nitrogen and oxygen atoms in total. The van der Waals surface area contributed by atoms with E-state index in [0.29, 0.717) is 35.0 Å². The molecule has 0 heterocycles. The molecule has 0 spiro atoms. The molecule has 0 aliphatic heterocycles. The fourth-order valence-electron chi connectivity index (χ4n) is 6.11. The number of allylic oxidation sites excluding steroid dienone is 4. The Labute approximate surface area is 330 Å². The van der Waals surface area contributed by atoms with Gasteiger partial charge in [0.15, 0.2) is 0 Å². The normalized spacial score (nSPS) is 12.8. The first-order valence-electron chi connectivity index (χ1n) is 16.4. The van der Waals surface area contributed by atoms with E-state index in [1.54, 1.807) is 0 Å². The third-order valence-electron chi connectivity index (χ3n) is 8.60. The summed E-state index contributed by atoms with van der Waals surface area (Å²) >= 11 is 0.493. The van der Waals surface area contributed by atoms with Gasteiger partial charge in [0.1, 0.15) is 0 Å². The van der Waals surface area contributed by atoms with Gasteiger partial charge in [0.25, 0.3) is 0 Å². The van der Waals surface area contributed by atoms with Gasteiger partial charge < -0.3 is 24.8 Å². The van der Waals surface area contributed by atoms with Crippen LogP contribution in [0.1, 0.15) is 92.5 Å². The molecule has 5 aromatic rings. The summed E-state index contributed by atoms with van der Waals surface area (Å²) in [5.74, 6) is 0. The summed E-state index contributed by atoms with van der Waals surface area (Å²) in [6, 6.07) is 21.2. The Kier molecular flexibility index (Phi) is 15.3. The fourth-order valence-corrected chi connectivity index (χ4v) is 7.31. The van der Waals surface area contributed by atoms with Crippen molar-refractivity contribution >= 4 is 24.8 Å². The topological polar surface area (TPSA) is 0 Å². The van der Waals surface area contributed by atoms with Crippen LogP contribution in [0.5, 0.6) is 0 Å². The standard InChI is InChI=1S/C23H29.C15H8F6.C5H5.2ClH.Hf/c1-14-9-16-11-17-10-15(2)21(23(6,7)8)13-19(17)18(16)12-20(14)22(3,4)5;16-14(17,18)12-5-1-10(2-6-12)9-11-3-7-13(8-4-11)15(19,20)21;1-2-4-5-3-1;;;/h9-13H,1-8H3;1-8H;1-3H,4H2;2*1H;/q-1;;-1;;;+2/p-2. The third-order valence-corrected chi connectivity index (χ3v) is 10.7. The monoisotopic (exact) mass is 922 g/mol. The zero-order chi connectivity index (χ0) is 37.2. The Morgan fingerprint density at radius 1 is 0.615 bits per heavy atom. The maximum Gasteiger partial charge on any atom is -0.109 e. The van der Waals surface area contributed by atoms with E-state index in [1.165, 1.54) is 68.1 Å². The van der Waals surface area contributed by atoms with Crippen LogP contribution in [0.4, 0.5) is 26.3 Å². The molecule has 0 saturated heterocycles. The van der Waals surface area contributed by atoms with E-state index < -0.39 is 23.5 Å². The average molecular weight is 922 g/mol. The number of hydrogen-bond donors (Lipinski definition) is 0. The van der Waals surface area contributed by atoms with Crippen molar-refractivity contribution in [2.75, 3.05) is 0 Å². The van der Waals surface area contributed by atoms with E-state index in [2.05, 4.69) is 97.9 Å². The second-order valence-electron chi connectivity index (χ2n) is 14.7. The van der Waals surface area contributed by atoms with Gasteiger partial charge in [-0.3, -0.25) is 6.08 Å². The molecule has 0 N–H and O–H groups in total. The van der Waals surface area contributed by atoms with Crippen LogP contribution in [-0.2, 0) is 47.1 Å². The largest absolute Gasteiger partial charge is 1.00 e. The van der Waals surface area contributed by atoms with Crippen LogP contribution in [0.25, 0.3) is 21.5 Å². The quantitative estimate of drug-likeness (QED) is 0.101. The molecule has 0 bridgehead atoms. The third kappa shape index (κ3) is 11.3. The van der Waals surface area contributed by atoms with Gasteiger partial charge in [-0.05, 0) is 24.7 Å². The first kappa shape index (κ1) is 45.3. The Morgan fingerprint density at radius 3 is 1.23 bits per heavy atom. The van der Waals surface area contributed by atoms with Gasteiger partial charge in [-0.1, -0.05) is 75.9 Å². The summed E-state index contributed by atoms with van der Waals surface area (Å²) < 4.78 is 75.7. The van der Waals surface area contributed by atoms with Gasteiger partial charge in [0.2, 0.25) is 0 Å². The number of rotatable bonds is 2. The molecule has 0 radical (unpaired) electrons. The molecule has 52 heavy (non-hydrogen) atoms. The summed E-state index contributed by atoms with van der Waals surface area (Å²) in [6.45, 7) is 18.3. The van der Waals surface area contributed by atoms with Crippen LogP contribution in [-0.4, -0.2) is 3.26 Å². The zero-order valence-corrected chi connectivity index (χ0v) is 35.6. The fraction of sp³-hybridized carbons (Fsp3) is 0.302. The van der Waals surface area contributed by atoms with Crippen molar-refractivity contribution in [2.24, 2.45) is 0 Å². The van der Waals surface area contributed by atoms with Crippen LogP contribution in [0.15, 0.2) is 97.1 Å². The molecule has 276 valence electrons.